The van der Waals surface area contributed by atoms with Crippen molar-refractivity contribution in [2.75, 3.05) is 5.73 Å². The Labute approximate surface area is 134 Å². The van der Waals surface area contributed by atoms with Crippen LogP contribution in [0.2, 0.25) is 0 Å². The number of halogens is 1. The molecule has 0 atom stereocenters. The number of anilines is 1. The molecule has 0 unspecified atom stereocenters. The lowest BCUT2D eigenvalue weighted by Gasteiger charge is -2.05. The Balaban J connectivity index is 1.93. The van der Waals surface area contributed by atoms with Gasteiger partial charge in [-0.1, -0.05) is 0 Å². The van der Waals surface area contributed by atoms with Gasteiger partial charge in [0.25, 0.3) is 0 Å². The molecule has 0 radical (unpaired) electrons. The molecule has 0 spiro atoms. The Morgan fingerprint density at radius 1 is 1.33 bits per heavy atom. The molecular weight excluding hydrogens is 374 g/mol. The predicted molar refractivity (Wildman–Crippen MR) is 88.8 cm³/mol. The summed E-state index contributed by atoms with van der Waals surface area (Å²) in [5.41, 5.74) is 7.00. The van der Waals surface area contributed by atoms with Crippen LogP contribution in [0.3, 0.4) is 0 Å². The Bertz CT molecular complexity index is 899. The molecule has 0 aliphatic carbocycles. The molecule has 0 saturated carbocycles. The fraction of sp³-hybridized carbons (Fsp3) is 0.0769. The molecule has 5 nitrogen and oxygen atoms in total. The second-order valence-corrected chi connectivity index (χ2v) is 8.06. The van der Waals surface area contributed by atoms with E-state index in [9.17, 15) is 8.42 Å². The summed E-state index contributed by atoms with van der Waals surface area (Å²) < 4.78 is 28.4. The standard InChI is InChI=1S/C13H12BrN3O2S2/c14-10-3-4-20-12(10)6-17-21(18,19)13-7-16-11-2-1-8(15)5-9(11)13/h1-5,7,16-17H,6,15H2. The number of rotatable bonds is 4. The number of sulfonamides is 1. The summed E-state index contributed by atoms with van der Waals surface area (Å²) in [5.74, 6) is 0. The van der Waals surface area contributed by atoms with Crippen LogP contribution in [0.4, 0.5) is 5.69 Å². The Kier molecular flexibility index (Phi) is 3.78. The minimum Gasteiger partial charge on any atom is -0.399 e. The summed E-state index contributed by atoms with van der Waals surface area (Å²) in [6.45, 7) is 0.246. The van der Waals surface area contributed by atoms with E-state index in [0.717, 1.165) is 14.9 Å². The number of hydrogen-bond donors (Lipinski definition) is 3. The number of nitrogens with two attached hydrogens (primary N) is 1. The van der Waals surface area contributed by atoms with E-state index in [1.165, 1.54) is 17.5 Å². The highest BCUT2D eigenvalue weighted by Gasteiger charge is 2.19. The van der Waals surface area contributed by atoms with Crippen molar-refractivity contribution >= 4 is 53.9 Å². The topological polar surface area (TPSA) is 88.0 Å². The highest BCUT2D eigenvalue weighted by atomic mass is 79.9. The van der Waals surface area contributed by atoms with E-state index < -0.39 is 10.0 Å². The zero-order valence-electron chi connectivity index (χ0n) is 10.8. The quantitative estimate of drug-likeness (QED) is 0.603. The minimum absolute atomic E-state index is 0.206. The summed E-state index contributed by atoms with van der Waals surface area (Å²) in [6, 6.07) is 7.03. The first-order valence-corrected chi connectivity index (χ1v) is 9.21. The van der Waals surface area contributed by atoms with Gasteiger partial charge in [-0.15, -0.1) is 11.3 Å². The van der Waals surface area contributed by atoms with Crippen molar-refractivity contribution in [3.05, 3.63) is 45.2 Å². The van der Waals surface area contributed by atoms with Crippen LogP contribution >= 0.6 is 27.3 Å². The van der Waals surface area contributed by atoms with Crippen LogP contribution in [-0.2, 0) is 16.6 Å². The SMILES string of the molecule is Nc1ccc2[nH]cc(S(=O)(=O)NCc3sccc3Br)c2c1. The maximum atomic E-state index is 12.4. The molecule has 2 aromatic heterocycles. The van der Waals surface area contributed by atoms with Crippen LogP contribution in [0.15, 0.2) is 45.2 Å². The van der Waals surface area contributed by atoms with Crippen molar-refractivity contribution in [2.45, 2.75) is 11.4 Å². The smallest absolute Gasteiger partial charge is 0.243 e. The second-order valence-electron chi connectivity index (χ2n) is 4.47. The van der Waals surface area contributed by atoms with Crippen LogP contribution < -0.4 is 10.5 Å². The van der Waals surface area contributed by atoms with Gasteiger partial charge < -0.3 is 10.7 Å². The molecule has 0 amide bonds. The molecular formula is C13H12BrN3O2S2. The summed E-state index contributed by atoms with van der Waals surface area (Å²) in [7, 11) is -3.60. The zero-order chi connectivity index (χ0) is 15.0. The number of nitrogen functional groups attached to an aromatic ring is 1. The van der Waals surface area contributed by atoms with Crippen molar-refractivity contribution in [3.8, 4) is 0 Å². The lowest BCUT2D eigenvalue weighted by atomic mass is 10.2. The largest absolute Gasteiger partial charge is 0.399 e. The molecule has 0 fully saturated rings. The van der Waals surface area contributed by atoms with Crippen molar-refractivity contribution in [1.29, 1.82) is 0 Å². The third-order valence-electron chi connectivity index (χ3n) is 3.07. The molecule has 3 rings (SSSR count). The minimum atomic E-state index is -3.60. The lowest BCUT2D eigenvalue weighted by molar-refractivity contribution is 0.582. The van der Waals surface area contributed by atoms with E-state index in [1.807, 2.05) is 11.4 Å². The number of aromatic nitrogens is 1. The van der Waals surface area contributed by atoms with Gasteiger partial charge in [-0.3, -0.25) is 0 Å². The van der Waals surface area contributed by atoms with Gasteiger partial charge in [0, 0.05) is 38.7 Å². The summed E-state index contributed by atoms with van der Waals surface area (Å²) in [5, 5.41) is 2.49. The average molecular weight is 386 g/mol. The molecule has 4 N–H and O–H groups in total. The molecule has 0 saturated heterocycles. The third-order valence-corrected chi connectivity index (χ3v) is 6.44. The number of nitrogens with one attached hydrogen (secondary N) is 2. The van der Waals surface area contributed by atoms with Crippen molar-refractivity contribution < 1.29 is 8.42 Å². The van der Waals surface area contributed by atoms with E-state index in [-0.39, 0.29) is 11.4 Å². The van der Waals surface area contributed by atoms with Crippen molar-refractivity contribution in [1.82, 2.24) is 9.71 Å². The van der Waals surface area contributed by atoms with Crippen LogP contribution in [0.25, 0.3) is 10.9 Å². The highest BCUT2D eigenvalue weighted by molar-refractivity contribution is 9.10. The van der Waals surface area contributed by atoms with Crippen LogP contribution in [-0.4, -0.2) is 13.4 Å². The average Bonchev–Trinajstić information content (AvgIpc) is 3.02. The van der Waals surface area contributed by atoms with Gasteiger partial charge in [0.2, 0.25) is 10.0 Å². The highest BCUT2D eigenvalue weighted by Crippen LogP contribution is 2.26. The monoisotopic (exact) mass is 385 g/mol. The van der Waals surface area contributed by atoms with Crippen molar-refractivity contribution in [3.63, 3.8) is 0 Å². The Morgan fingerprint density at radius 2 is 2.14 bits per heavy atom. The summed E-state index contributed by atoms with van der Waals surface area (Å²) in [6.07, 6.45) is 1.48. The number of benzene rings is 1. The van der Waals surface area contributed by atoms with Crippen LogP contribution in [0.5, 0.6) is 0 Å². The normalized spacial score (nSPS) is 12.0. The second kappa shape index (κ2) is 5.45. The van der Waals surface area contributed by atoms with Gasteiger partial charge in [0.1, 0.15) is 4.90 Å². The van der Waals surface area contributed by atoms with E-state index in [1.54, 1.807) is 18.2 Å². The van der Waals surface area contributed by atoms with E-state index in [0.29, 0.717) is 11.1 Å². The fourth-order valence-corrected chi connectivity index (χ4v) is 4.71. The maximum absolute atomic E-state index is 12.4. The third kappa shape index (κ3) is 2.84. The summed E-state index contributed by atoms with van der Waals surface area (Å²) in [4.78, 5) is 4.08. The van der Waals surface area contributed by atoms with Crippen molar-refractivity contribution in [2.24, 2.45) is 0 Å². The maximum Gasteiger partial charge on any atom is 0.243 e. The molecule has 8 heteroatoms. The number of H-pyrrole nitrogens is 1. The molecule has 110 valence electrons. The van der Waals surface area contributed by atoms with Gasteiger partial charge in [-0.05, 0) is 45.6 Å². The van der Waals surface area contributed by atoms with E-state index >= 15 is 0 Å². The lowest BCUT2D eigenvalue weighted by Crippen LogP contribution is -2.22. The molecule has 1 aromatic carbocycles. The number of fused-ring (bicyclic) bond motifs is 1. The van der Waals surface area contributed by atoms with E-state index in [2.05, 4.69) is 25.6 Å². The van der Waals surface area contributed by atoms with Gasteiger partial charge in [-0.2, -0.15) is 0 Å². The first-order valence-electron chi connectivity index (χ1n) is 6.05. The molecule has 21 heavy (non-hydrogen) atoms. The zero-order valence-corrected chi connectivity index (χ0v) is 14.0. The van der Waals surface area contributed by atoms with E-state index in [4.69, 9.17) is 5.73 Å². The van der Waals surface area contributed by atoms with Gasteiger partial charge in [0.15, 0.2) is 0 Å². The molecule has 0 bridgehead atoms. The number of hydrogen-bond acceptors (Lipinski definition) is 4. The van der Waals surface area contributed by atoms with Gasteiger partial charge in [-0.25, -0.2) is 13.1 Å². The number of aromatic amines is 1. The van der Waals surface area contributed by atoms with Gasteiger partial charge in [0.05, 0.1) is 0 Å². The summed E-state index contributed by atoms with van der Waals surface area (Å²) >= 11 is 4.88. The van der Waals surface area contributed by atoms with Crippen LogP contribution in [0, 0.1) is 0 Å². The number of thiophene rings is 1. The Morgan fingerprint density at radius 3 is 2.86 bits per heavy atom. The molecule has 2 heterocycles. The van der Waals surface area contributed by atoms with Crippen LogP contribution in [0.1, 0.15) is 4.88 Å². The fourth-order valence-electron chi connectivity index (χ4n) is 2.02. The van der Waals surface area contributed by atoms with Gasteiger partial charge >= 0.3 is 0 Å². The first-order chi connectivity index (χ1) is 9.97. The predicted octanol–water partition coefficient (Wildman–Crippen LogP) is 3.05. The Hall–Kier alpha value is -1.35. The molecule has 0 aliphatic rings. The first kappa shape index (κ1) is 14.6. The molecule has 0 aliphatic heterocycles. The molecule has 3 aromatic rings.